The van der Waals surface area contributed by atoms with Crippen LogP contribution in [0.2, 0.25) is 0 Å². The van der Waals surface area contributed by atoms with Crippen molar-refractivity contribution in [3.63, 3.8) is 0 Å². The first-order valence-corrected chi connectivity index (χ1v) is 6.47. The van der Waals surface area contributed by atoms with Crippen molar-refractivity contribution in [1.29, 1.82) is 0 Å². The molecule has 0 saturated carbocycles. The number of rotatable bonds is 3. The van der Waals surface area contributed by atoms with Gasteiger partial charge in [-0.3, -0.25) is 4.79 Å². The minimum atomic E-state index is 0.0731. The second-order valence-electron chi connectivity index (χ2n) is 4.00. The molecule has 0 atom stereocenters. The zero-order valence-corrected chi connectivity index (χ0v) is 11.3. The van der Waals surface area contributed by atoms with Crippen molar-refractivity contribution in [2.24, 2.45) is 0 Å². The topological polar surface area (TPSA) is 29.1 Å². The predicted octanol–water partition coefficient (Wildman–Crippen LogP) is 4.34. The molecule has 0 aliphatic carbocycles. The van der Waals surface area contributed by atoms with E-state index in [1.165, 1.54) is 0 Å². The molecule has 1 amide bonds. The van der Waals surface area contributed by atoms with Crippen LogP contribution in [0.1, 0.15) is 19.8 Å². The van der Waals surface area contributed by atoms with Crippen molar-refractivity contribution < 1.29 is 4.79 Å². The lowest BCUT2D eigenvalue weighted by Gasteiger charge is -2.06. The molecular formula is C14H14BrNO. The number of hydrogen-bond acceptors (Lipinski definition) is 1. The molecule has 2 nitrogen and oxygen atoms in total. The van der Waals surface area contributed by atoms with Gasteiger partial charge in [-0.1, -0.05) is 35.0 Å². The van der Waals surface area contributed by atoms with Gasteiger partial charge in [-0.2, -0.15) is 0 Å². The highest BCUT2D eigenvalue weighted by Gasteiger charge is 2.01. The molecule has 1 N–H and O–H groups in total. The molecule has 0 saturated heterocycles. The highest BCUT2D eigenvalue weighted by atomic mass is 79.9. The van der Waals surface area contributed by atoms with Crippen molar-refractivity contribution in [3.8, 4) is 0 Å². The third kappa shape index (κ3) is 3.07. The van der Waals surface area contributed by atoms with Crippen molar-refractivity contribution in [2.75, 3.05) is 5.32 Å². The molecule has 17 heavy (non-hydrogen) atoms. The molecule has 0 aromatic heterocycles. The fraction of sp³-hybridized carbons (Fsp3) is 0.214. The number of carbonyl (C=O) groups is 1. The van der Waals surface area contributed by atoms with Gasteiger partial charge in [-0.15, -0.1) is 0 Å². The van der Waals surface area contributed by atoms with E-state index in [1.807, 2.05) is 37.3 Å². The monoisotopic (exact) mass is 291 g/mol. The van der Waals surface area contributed by atoms with Gasteiger partial charge in [0.15, 0.2) is 0 Å². The van der Waals surface area contributed by atoms with E-state index in [1.54, 1.807) is 0 Å². The fourth-order valence-electron chi connectivity index (χ4n) is 1.74. The maximum Gasteiger partial charge on any atom is 0.224 e. The number of amides is 1. The average molecular weight is 292 g/mol. The average Bonchev–Trinajstić information content (AvgIpc) is 2.29. The van der Waals surface area contributed by atoms with Gasteiger partial charge < -0.3 is 5.32 Å². The Balaban J connectivity index is 2.26. The van der Waals surface area contributed by atoms with E-state index in [0.717, 1.165) is 27.4 Å². The maximum atomic E-state index is 11.5. The van der Waals surface area contributed by atoms with E-state index in [9.17, 15) is 4.79 Å². The summed E-state index contributed by atoms with van der Waals surface area (Å²) in [7, 11) is 0. The van der Waals surface area contributed by atoms with Crippen LogP contribution in [0.15, 0.2) is 40.9 Å². The lowest BCUT2D eigenvalue weighted by Crippen LogP contribution is -2.10. The zero-order valence-electron chi connectivity index (χ0n) is 9.66. The van der Waals surface area contributed by atoms with Crippen molar-refractivity contribution in [1.82, 2.24) is 0 Å². The summed E-state index contributed by atoms with van der Waals surface area (Å²) in [4.78, 5) is 11.5. The van der Waals surface area contributed by atoms with Crippen molar-refractivity contribution in [2.45, 2.75) is 19.8 Å². The third-order valence-electron chi connectivity index (χ3n) is 2.56. The molecule has 0 fully saturated rings. The van der Waals surface area contributed by atoms with Crippen LogP contribution in [-0.4, -0.2) is 5.91 Å². The molecule has 0 spiro atoms. The summed E-state index contributed by atoms with van der Waals surface area (Å²) in [5.41, 5.74) is 0.860. The van der Waals surface area contributed by atoms with Gasteiger partial charge >= 0.3 is 0 Å². The number of hydrogen-bond donors (Lipinski definition) is 1. The fourth-order valence-corrected chi connectivity index (χ4v) is 2.12. The normalized spacial score (nSPS) is 10.5. The Hall–Kier alpha value is -1.35. The van der Waals surface area contributed by atoms with Crippen LogP contribution >= 0.6 is 15.9 Å². The molecule has 0 aliphatic rings. The first-order valence-electron chi connectivity index (χ1n) is 5.68. The predicted molar refractivity (Wildman–Crippen MR) is 75.2 cm³/mol. The van der Waals surface area contributed by atoms with Crippen LogP contribution in [0.25, 0.3) is 10.8 Å². The molecule has 0 bridgehead atoms. The van der Waals surface area contributed by atoms with Gasteiger partial charge in [0, 0.05) is 16.6 Å². The molecule has 2 aromatic rings. The Kier molecular flexibility index (Phi) is 3.79. The molecule has 88 valence electrons. The quantitative estimate of drug-likeness (QED) is 0.895. The number of nitrogens with one attached hydrogen (secondary N) is 1. The smallest absolute Gasteiger partial charge is 0.224 e. The molecule has 0 radical (unpaired) electrons. The molecule has 0 heterocycles. The summed E-state index contributed by atoms with van der Waals surface area (Å²) in [6.45, 7) is 2.00. The minimum Gasteiger partial charge on any atom is -0.326 e. The molecule has 3 heteroatoms. The van der Waals surface area contributed by atoms with E-state index < -0.39 is 0 Å². The van der Waals surface area contributed by atoms with E-state index >= 15 is 0 Å². The highest BCUT2D eigenvalue weighted by molar-refractivity contribution is 9.10. The second-order valence-corrected chi connectivity index (χ2v) is 4.92. The van der Waals surface area contributed by atoms with Crippen molar-refractivity contribution in [3.05, 3.63) is 40.9 Å². The SMILES string of the molecule is CCCC(=O)Nc1ccc2cc(Br)ccc2c1. The van der Waals surface area contributed by atoms with E-state index in [-0.39, 0.29) is 5.91 Å². The Bertz CT molecular complexity index is 551. The van der Waals surface area contributed by atoms with E-state index in [0.29, 0.717) is 6.42 Å². The van der Waals surface area contributed by atoms with Crippen LogP contribution in [0.4, 0.5) is 5.69 Å². The highest BCUT2D eigenvalue weighted by Crippen LogP contribution is 2.23. The van der Waals surface area contributed by atoms with Gasteiger partial charge in [0.25, 0.3) is 0 Å². The zero-order chi connectivity index (χ0) is 12.3. The van der Waals surface area contributed by atoms with Gasteiger partial charge in [0.2, 0.25) is 5.91 Å². The number of anilines is 1. The van der Waals surface area contributed by atoms with Crippen LogP contribution in [-0.2, 0) is 4.79 Å². The maximum absolute atomic E-state index is 11.5. The number of benzene rings is 2. The largest absolute Gasteiger partial charge is 0.326 e. The summed E-state index contributed by atoms with van der Waals surface area (Å²) in [5, 5.41) is 5.19. The van der Waals surface area contributed by atoms with E-state index in [2.05, 4.69) is 27.3 Å². The summed E-state index contributed by atoms with van der Waals surface area (Å²) in [6.07, 6.45) is 1.44. The standard InChI is InChI=1S/C14H14BrNO/c1-2-3-14(17)16-13-7-5-10-8-12(15)6-4-11(10)9-13/h4-9H,2-3H2,1H3,(H,16,17). The van der Waals surface area contributed by atoms with Crippen LogP contribution < -0.4 is 5.32 Å². The molecule has 2 rings (SSSR count). The Morgan fingerprint density at radius 3 is 2.65 bits per heavy atom. The molecular weight excluding hydrogens is 278 g/mol. The summed E-state index contributed by atoms with van der Waals surface area (Å²) >= 11 is 3.44. The van der Waals surface area contributed by atoms with Gasteiger partial charge in [0.1, 0.15) is 0 Å². The van der Waals surface area contributed by atoms with Gasteiger partial charge in [-0.25, -0.2) is 0 Å². The Morgan fingerprint density at radius 2 is 1.88 bits per heavy atom. The molecule has 2 aromatic carbocycles. The number of halogens is 1. The summed E-state index contributed by atoms with van der Waals surface area (Å²) in [5.74, 6) is 0.0731. The molecule has 0 aliphatic heterocycles. The van der Waals surface area contributed by atoms with Gasteiger partial charge in [0.05, 0.1) is 0 Å². The van der Waals surface area contributed by atoms with Crippen LogP contribution in [0.3, 0.4) is 0 Å². The second kappa shape index (κ2) is 5.32. The van der Waals surface area contributed by atoms with Gasteiger partial charge in [-0.05, 0) is 41.5 Å². The summed E-state index contributed by atoms with van der Waals surface area (Å²) < 4.78 is 1.06. The Labute approximate surface area is 109 Å². The van der Waals surface area contributed by atoms with Crippen LogP contribution in [0, 0.1) is 0 Å². The third-order valence-corrected chi connectivity index (χ3v) is 3.06. The van der Waals surface area contributed by atoms with Crippen LogP contribution in [0.5, 0.6) is 0 Å². The summed E-state index contributed by atoms with van der Waals surface area (Å²) in [6, 6.07) is 12.0. The molecule has 0 unspecified atom stereocenters. The lowest BCUT2D eigenvalue weighted by molar-refractivity contribution is -0.116. The minimum absolute atomic E-state index is 0.0731. The number of fused-ring (bicyclic) bond motifs is 1. The lowest BCUT2D eigenvalue weighted by atomic mass is 10.1. The van der Waals surface area contributed by atoms with Crippen molar-refractivity contribution >= 4 is 38.3 Å². The van der Waals surface area contributed by atoms with E-state index in [4.69, 9.17) is 0 Å². The first-order chi connectivity index (χ1) is 8.19. The number of carbonyl (C=O) groups excluding carboxylic acids is 1. The Morgan fingerprint density at radius 1 is 1.18 bits per heavy atom. The first kappa shape index (κ1) is 12.1.